The molecule has 27 heavy (non-hydrogen) atoms. The molecular formula is C20H19BrFNO4. The van der Waals surface area contributed by atoms with Crippen molar-refractivity contribution in [2.24, 2.45) is 0 Å². The van der Waals surface area contributed by atoms with Crippen LogP contribution in [0.4, 0.5) is 4.39 Å². The van der Waals surface area contributed by atoms with Crippen molar-refractivity contribution in [2.45, 2.75) is 13.5 Å². The lowest BCUT2D eigenvalue weighted by Crippen LogP contribution is -2.20. The van der Waals surface area contributed by atoms with Crippen molar-refractivity contribution >= 4 is 27.7 Å². The molecule has 0 aliphatic heterocycles. The predicted octanol–water partition coefficient (Wildman–Crippen LogP) is 4.02. The van der Waals surface area contributed by atoms with E-state index in [1.54, 1.807) is 26.2 Å². The Morgan fingerprint density at radius 2 is 1.89 bits per heavy atom. The van der Waals surface area contributed by atoms with E-state index in [0.29, 0.717) is 11.0 Å². The molecule has 0 fully saturated rings. The lowest BCUT2D eigenvalue weighted by atomic mass is 10.0. The van der Waals surface area contributed by atoms with Crippen molar-refractivity contribution in [3.63, 3.8) is 0 Å². The summed E-state index contributed by atoms with van der Waals surface area (Å²) in [6.45, 7) is 2.09. The van der Waals surface area contributed by atoms with Gasteiger partial charge in [0.15, 0.2) is 0 Å². The van der Waals surface area contributed by atoms with Crippen LogP contribution in [-0.2, 0) is 16.1 Å². The van der Waals surface area contributed by atoms with E-state index in [2.05, 4.69) is 21.2 Å². The quantitative estimate of drug-likeness (QED) is 0.223. The minimum absolute atomic E-state index is 0.100. The SMILES string of the molecule is CCOC(=O)/C(=C\NCc1ccc(OC)cc1)C(=O)c1cc(Br)ccc1F. The molecule has 0 radical (unpaired) electrons. The van der Waals surface area contributed by atoms with Gasteiger partial charge in [-0.15, -0.1) is 0 Å². The van der Waals surface area contributed by atoms with Crippen LogP contribution < -0.4 is 10.1 Å². The second kappa shape index (κ2) is 9.87. The van der Waals surface area contributed by atoms with Crippen molar-refractivity contribution in [1.82, 2.24) is 5.32 Å². The number of hydrogen-bond donors (Lipinski definition) is 1. The van der Waals surface area contributed by atoms with E-state index >= 15 is 0 Å². The number of methoxy groups -OCH3 is 1. The van der Waals surface area contributed by atoms with Gasteiger partial charge in [-0.05, 0) is 42.8 Å². The van der Waals surface area contributed by atoms with E-state index in [0.717, 1.165) is 17.4 Å². The summed E-state index contributed by atoms with van der Waals surface area (Å²) in [5.41, 5.74) is 0.425. The first-order chi connectivity index (χ1) is 13.0. The molecule has 142 valence electrons. The lowest BCUT2D eigenvalue weighted by Gasteiger charge is -2.09. The lowest BCUT2D eigenvalue weighted by molar-refractivity contribution is -0.138. The van der Waals surface area contributed by atoms with Crippen LogP contribution in [0.15, 0.2) is 58.7 Å². The molecule has 0 aliphatic rings. The Kier molecular flexibility index (Phi) is 7.55. The molecular weight excluding hydrogens is 417 g/mol. The minimum atomic E-state index is -0.816. The number of nitrogens with one attached hydrogen (secondary N) is 1. The van der Waals surface area contributed by atoms with Crippen molar-refractivity contribution in [2.75, 3.05) is 13.7 Å². The highest BCUT2D eigenvalue weighted by Gasteiger charge is 2.24. The Morgan fingerprint density at radius 3 is 2.52 bits per heavy atom. The van der Waals surface area contributed by atoms with E-state index in [-0.39, 0.29) is 17.7 Å². The largest absolute Gasteiger partial charge is 0.497 e. The number of ether oxygens (including phenoxy) is 2. The predicted molar refractivity (Wildman–Crippen MR) is 103 cm³/mol. The maximum atomic E-state index is 14.0. The van der Waals surface area contributed by atoms with E-state index < -0.39 is 17.6 Å². The van der Waals surface area contributed by atoms with Gasteiger partial charge in [-0.2, -0.15) is 0 Å². The average Bonchev–Trinajstić information content (AvgIpc) is 2.67. The number of ketones is 1. The van der Waals surface area contributed by atoms with Gasteiger partial charge in [0.2, 0.25) is 5.78 Å². The van der Waals surface area contributed by atoms with Crippen LogP contribution in [0.25, 0.3) is 0 Å². The molecule has 0 aliphatic carbocycles. The molecule has 1 N–H and O–H groups in total. The molecule has 0 aromatic heterocycles. The summed E-state index contributed by atoms with van der Waals surface area (Å²) in [7, 11) is 1.58. The van der Waals surface area contributed by atoms with Crippen LogP contribution in [0.1, 0.15) is 22.8 Å². The standard InChI is InChI=1S/C20H19BrFNO4/c1-3-27-20(25)17(19(24)16-10-14(21)6-9-18(16)22)12-23-11-13-4-7-15(26-2)8-5-13/h4-10,12,23H,3,11H2,1-2H3/b17-12-. The number of halogens is 2. The van der Waals surface area contributed by atoms with E-state index in [1.807, 2.05) is 12.1 Å². The summed E-state index contributed by atoms with van der Waals surface area (Å²) in [6.07, 6.45) is 1.25. The number of carbonyl (C=O) groups is 2. The average molecular weight is 436 g/mol. The van der Waals surface area contributed by atoms with Gasteiger partial charge in [-0.25, -0.2) is 9.18 Å². The van der Waals surface area contributed by atoms with Gasteiger partial charge >= 0.3 is 5.97 Å². The molecule has 0 saturated heterocycles. The smallest absolute Gasteiger partial charge is 0.343 e. The molecule has 0 bridgehead atoms. The first kappa shape index (κ1) is 20.6. The monoisotopic (exact) mass is 435 g/mol. The van der Waals surface area contributed by atoms with Crippen LogP contribution in [-0.4, -0.2) is 25.5 Å². The van der Waals surface area contributed by atoms with E-state index in [9.17, 15) is 14.0 Å². The molecule has 0 amide bonds. The van der Waals surface area contributed by atoms with Gasteiger partial charge < -0.3 is 14.8 Å². The Balaban J connectivity index is 2.22. The zero-order chi connectivity index (χ0) is 19.8. The van der Waals surface area contributed by atoms with Gasteiger partial charge in [-0.1, -0.05) is 28.1 Å². The van der Waals surface area contributed by atoms with Gasteiger partial charge in [0.25, 0.3) is 0 Å². The second-order valence-corrected chi connectivity index (χ2v) is 6.38. The van der Waals surface area contributed by atoms with Crippen molar-refractivity contribution in [3.8, 4) is 5.75 Å². The molecule has 2 aromatic carbocycles. The Bertz CT molecular complexity index is 850. The third-order valence-corrected chi connectivity index (χ3v) is 4.12. The zero-order valence-electron chi connectivity index (χ0n) is 14.9. The Hall–Kier alpha value is -2.67. The third kappa shape index (κ3) is 5.65. The molecule has 5 nitrogen and oxygen atoms in total. The Labute approximate surface area is 165 Å². The summed E-state index contributed by atoms with van der Waals surface area (Å²) in [4.78, 5) is 24.9. The summed E-state index contributed by atoms with van der Waals surface area (Å²) in [6, 6.07) is 11.3. The van der Waals surface area contributed by atoms with Gasteiger partial charge in [0, 0.05) is 17.2 Å². The molecule has 7 heteroatoms. The van der Waals surface area contributed by atoms with Crippen molar-refractivity contribution in [1.29, 1.82) is 0 Å². The summed E-state index contributed by atoms with van der Waals surface area (Å²) < 4.78 is 24.6. The van der Waals surface area contributed by atoms with Crippen molar-refractivity contribution < 1.29 is 23.5 Å². The maximum Gasteiger partial charge on any atom is 0.343 e. The number of hydrogen-bond acceptors (Lipinski definition) is 5. The number of esters is 1. The van der Waals surface area contributed by atoms with Gasteiger partial charge in [-0.3, -0.25) is 4.79 Å². The highest BCUT2D eigenvalue weighted by atomic mass is 79.9. The molecule has 0 heterocycles. The fourth-order valence-electron chi connectivity index (χ4n) is 2.26. The molecule has 0 spiro atoms. The van der Waals surface area contributed by atoms with Crippen LogP contribution in [0, 0.1) is 5.82 Å². The maximum absolute atomic E-state index is 14.0. The highest BCUT2D eigenvalue weighted by Crippen LogP contribution is 2.19. The van der Waals surface area contributed by atoms with E-state index in [1.165, 1.54) is 18.3 Å². The number of benzene rings is 2. The Morgan fingerprint density at radius 1 is 1.19 bits per heavy atom. The van der Waals surface area contributed by atoms with Crippen LogP contribution >= 0.6 is 15.9 Å². The molecule has 0 saturated carbocycles. The van der Waals surface area contributed by atoms with E-state index in [4.69, 9.17) is 9.47 Å². The number of carbonyl (C=O) groups excluding carboxylic acids is 2. The highest BCUT2D eigenvalue weighted by molar-refractivity contribution is 9.10. The molecule has 2 rings (SSSR count). The van der Waals surface area contributed by atoms with Crippen LogP contribution in [0.5, 0.6) is 5.75 Å². The second-order valence-electron chi connectivity index (χ2n) is 5.46. The third-order valence-electron chi connectivity index (χ3n) is 3.62. The first-order valence-electron chi connectivity index (χ1n) is 8.19. The summed E-state index contributed by atoms with van der Waals surface area (Å²) in [5, 5.41) is 2.90. The van der Waals surface area contributed by atoms with Crippen molar-refractivity contribution in [3.05, 3.63) is 75.7 Å². The zero-order valence-corrected chi connectivity index (χ0v) is 16.5. The number of Topliss-reactive ketones (excluding diaryl/α,β-unsaturated/α-hetero) is 1. The van der Waals surface area contributed by atoms with Gasteiger partial charge in [0.1, 0.15) is 17.1 Å². The van der Waals surface area contributed by atoms with Crippen LogP contribution in [0.3, 0.4) is 0 Å². The van der Waals surface area contributed by atoms with Crippen LogP contribution in [0.2, 0.25) is 0 Å². The topological polar surface area (TPSA) is 64.6 Å². The first-order valence-corrected chi connectivity index (χ1v) is 8.99. The fraction of sp³-hybridized carbons (Fsp3) is 0.200. The van der Waals surface area contributed by atoms with Gasteiger partial charge in [0.05, 0.1) is 19.3 Å². The summed E-state index contributed by atoms with van der Waals surface area (Å²) >= 11 is 3.20. The number of rotatable bonds is 8. The molecule has 0 unspecified atom stereocenters. The minimum Gasteiger partial charge on any atom is -0.497 e. The normalized spacial score (nSPS) is 11.0. The summed E-state index contributed by atoms with van der Waals surface area (Å²) in [5.74, 6) is -1.56. The molecule has 0 atom stereocenters. The molecule has 2 aromatic rings. The fourth-order valence-corrected chi connectivity index (χ4v) is 2.62.